The third kappa shape index (κ3) is 7.02. The molecule has 0 atom stereocenters. The van der Waals surface area contributed by atoms with Gasteiger partial charge < -0.3 is 10.6 Å². The predicted octanol–water partition coefficient (Wildman–Crippen LogP) is 7.69. The summed E-state index contributed by atoms with van der Waals surface area (Å²) in [6.07, 6.45) is -8.33. The molecule has 3 aromatic carbocycles. The van der Waals surface area contributed by atoms with E-state index in [1.165, 1.54) is 30.3 Å². The van der Waals surface area contributed by atoms with Crippen molar-refractivity contribution in [2.24, 2.45) is 0 Å². The fourth-order valence-corrected chi connectivity index (χ4v) is 3.41. The molecule has 188 valence electrons. The standard InChI is InChI=1S/C24H14Cl2F6N2O2/c25-16-8-7-13(20(26)12-16)9-19(21(35)33-17-5-1-3-14(10-17)23(27,28)29)22(36)34-18-6-2-4-15(11-18)24(30,31)32/h1-12H,(H,33,35)(H,34,36). The zero-order valence-electron chi connectivity index (χ0n) is 17.8. The minimum Gasteiger partial charge on any atom is -0.322 e. The molecule has 0 radical (unpaired) electrons. The van der Waals surface area contributed by atoms with Gasteiger partial charge in [-0.1, -0.05) is 41.4 Å². The van der Waals surface area contributed by atoms with Gasteiger partial charge in [0.15, 0.2) is 0 Å². The Hall–Kier alpha value is -3.50. The minimum absolute atomic E-state index is 0.0405. The first-order valence-electron chi connectivity index (χ1n) is 9.88. The summed E-state index contributed by atoms with van der Waals surface area (Å²) in [5, 5.41) is 4.67. The molecule has 0 aliphatic carbocycles. The summed E-state index contributed by atoms with van der Waals surface area (Å²) in [5.41, 5.74) is -3.12. The predicted molar refractivity (Wildman–Crippen MR) is 125 cm³/mol. The molecule has 3 rings (SSSR count). The van der Waals surface area contributed by atoms with Crippen molar-refractivity contribution in [1.82, 2.24) is 0 Å². The highest BCUT2D eigenvalue weighted by Gasteiger charge is 2.32. The molecule has 0 fully saturated rings. The van der Waals surface area contributed by atoms with Crippen LogP contribution in [0.4, 0.5) is 37.7 Å². The van der Waals surface area contributed by atoms with Gasteiger partial charge >= 0.3 is 12.4 Å². The lowest BCUT2D eigenvalue weighted by Gasteiger charge is -2.13. The van der Waals surface area contributed by atoms with E-state index in [0.717, 1.165) is 30.3 Å². The van der Waals surface area contributed by atoms with Gasteiger partial charge in [0, 0.05) is 21.4 Å². The fourth-order valence-electron chi connectivity index (χ4n) is 2.95. The third-order valence-electron chi connectivity index (χ3n) is 4.65. The van der Waals surface area contributed by atoms with Crippen LogP contribution in [0.25, 0.3) is 6.08 Å². The number of benzene rings is 3. The van der Waals surface area contributed by atoms with Crippen LogP contribution in [0.5, 0.6) is 0 Å². The third-order valence-corrected chi connectivity index (χ3v) is 5.21. The summed E-state index contributed by atoms with van der Waals surface area (Å²) in [5.74, 6) is -2.27. The summed E-state index contributed by atoms with van der Waals surface area (Å²) < 4.78 is 78.1. The Morgan fingerprint density at radius 2 is 1.17 bits per heavy atom. The summed E-state index contributed by atoms with van der Waals surface area (Å²) in [6, 6.07) is 11.5. The maximum absolute atomic E-state index is 13.0. The molecule has 36 heavy (non-hydrogen) atoms. The molecule has 3 aromatic rings. The molecule has 0 heterocycles. The molecular weight excluding hydrogens is 533 g/mol. The second-order valence-electron chi connectivity index (χ2n) is 7.29. The maximum Gasteiger partial charge on any atom is 0.416 e. The van der Waals surface area contributed by atoms with Gasteiger partial charge in [0.1, 0.15) is 5.57 Å². The van der Waals surface area contributed by atoms with E-state index < -0.39 is 40.9 Å². The van der Waals surface area contributed by atoms with Crippen molar-refractivity contribution in [3.8, 4) is 0 Å². The molecule has 0 aliphatic heterocycles. The average molecular weight is 547 g/mol. The maximum atomic E-state index is 13.0. The van der Waals surface area contributed by atoms with E-state index in [4.69, 9.17) is 23.2 Å². The number of hydrogen-bond acceptors (Lipinski definition) is 2. The van der Waals surface area contributed by atoms with Crippen LogP contribution in [0.2, 0.25) is 10.0 Å². The van der Waals surface area contributed by atoms with Crippen LogP contribution in [0.1, 0.15) is 16.7 Å². The van der Waals surface area contributed by atoms with Crippen molar-refractivity contribution in [2.75, 3.05) is 10.6 Å². The second kappa shape index (κ2) is 10.6. The van der Waals surface area contributed by atoms with Crippen molar-refractivity contribution in [3.63, 3.8) is 0 Å². The zero-order chi connectivity index (χ0) is 26.7. The van der Waals surface area contributed by atoms with Gasteiger partial charge in [-0.3, -0.25) is 9.59 Å². The highest BCUT2D eigenvalue weighted by molar-refractivity contribution is 6.36. The molecule has 12 heteroatoms. The topological polar surface area (TPSA) is 58.2 Å². The number of carbonyl (C=O) groups excluding carboxylic acids is 2. The molecule has 0 spiro atoms. The van der Waals surface area contributed by atoms with Crippen LogP contribution < -0.4 is 10.6 Å². The zero-order valence-corrected chi connectivity index (χ0v) is 19.3. The number of anilines is 2. The van der Waals surface area contributed by atoms with Crippen molar-refractivity contribution in [2.45, 2.75) is 12.4 Å². The van der Waals surface area contributed by atoms with E-state index in [1.54, 1.807) is 0 Å². The summed E-state index contributed by atoms with van der Waals surface area (Å²) >= 11 is 12.0. The van der Waals surface area contributed by atoms with E-state index in [9.17, 15) is 35.9 Å². The smallest absolute Gasteiger partial charge is 0.322 e. The Bertz CT molecular complexity index is 1260. The van der Waals surface area contributed by atoms with E-state index >= 15 is 0 Å². The van der Waals surface area contributed by atoms with Crippen molar-refractivity contribution in [3.05, 3.63) is 99.0 Å². The largest absolute Gasteiger partial charge is 0.416 e. The van der Waals surface area contributed by atoms with E-state index in [1.807, 2.05) is 0 Å². The lowest BCUT2D eigenvalue weighted by Crippen LogP contribution is -2.25. The Kier molecular flexibility index (Phi) is 8.00. The van der Waals surface area contributed by atoms with Gasteiger partial charge in [-0.2, -0.15) is 26.3 Å². The molecule has 0 aromatic heterocycles. The van der Waals surface area contributed by atoms with Gasteiger partial charge in [0.05, 0.1) is 11.1 Å². The van der Waals surface area contributed by atoms with Gasteiger partial charge in [-0.15, -0.1) is 0 Å². The van der Waals surface area contributed by atoms with Gasteiger partial charge in [0.2, 0.25) is 0 Å². The summed E-state index contributed by atoms with van der Waals surface area (Å²) in [7, 11) is 0. The first-order valence-corrected chi connectivity index (χ1v) is 10.6. The SMILES string of the molecule is O=C(Nc1cccc(C(F)(F)F)c1)C(=Cc1ccc(Cl)cc1Cl)C(=O)Nc1cccc(C(F)(F)F)c1. The molecule has 4 nitrogen and oxygen atoms in total. The first-order chi connectivity index (χ1) is 16.7. The number of alkyl halides is 6. The minimum atomic E-state index is -4.68. The Labute approximate surface area is 210 Å². The molecule has 0 aliphatic rings. The van der Waals surface area contributed by atoms with Crippen LogP contribution in [-0.2, 0) is 21.9 Å². The molecular formula is C24H14Cl2F6N2O2. The monoisotopic (exact) mass is 546 g/mol. The van der Waals surface area contributed by atoms with Gasteiger partial charge in [-0.25, -0.2) is 0 Å². The Morgan fingerprint density at radius 3 is 1.58 bits per heavy atom. The molecule has 0 bridgehead atoms. The van der Waals surface area contributed by atoms with Crippen molar-refractivity contribution >= 4 is 52.5 Å². The summed E-state index contributed by atoms with van der Waals surface area (Å²) in [4.78, 5) is 25.9. The lowest BCUT2D eigenvalue weighted by atomic mass is 10.1. The number of amides is 2. The van der Waals surface area contributed by atoms with Crippen LogP contribution >= 0.6 is 23.2 Å². The van der Waals surface area contributed by atoms with Gasteiger partial charge in [-0.05, 0) is 60.2 Å². The molecule has 0 saturated carbocycles. The molecule has 0 saturated heterocycles. The number of carbonyl (C=O) groups is 2. The second-order valence-corrected chi connectivity index (χ2v) is 8.13. The summed E-state index contributed by atoms with van der Waals surface area (Å²) in [6.45, 7) is 0. The average Bonchev–Trinajstić information content (AvgIpc) is 2.77. The van der Waals surface area contributed by atoms with Gasteiger partial charge in [0.25, 0.3) is 11.8 Å². The molecule has 0 unspecified atom stereocenters. The molecule has 2 amide bonds. The van der Waals surface area contributed by atoms with Crippen molar-refractivity contribution < 1.29 is 35.9 Å². The number of nitrogens with one attached hydrogen (secondary N) is 2. The van der Waals surface area contributed by atoms with Crippen molar-refractivity contribution in [1.29, 1.82) is 0 Å². The highest BCUT2D eigenvalue weighted by atomic mass is 35.5. The van der Waals surface area contributed by atoms with E-state index in [-0.39, 0.29) is 27.0 Å². The number of halogens is 8. The Balaban J connectivity index is 1.97. The van der Waals surface area contributed by atoms with Crippen LogP contribution in [0, 0.1) is 0 Å². The lowest BCUT2D eigenvalue weighted by molar-refractivity contribution is -0.138. The highest BCUT2D eigenvalue weighted by Crippen LogP contribution is 2.32. The fraction of sp³-hybridized carbons (Fsp3) is 0.0833. The molecule has 2 N–H and O–H groups in total. The first kappa shape index (κ1) is 27.1. The number of hydrogen-bond donors (Lipinski definition) is 2. The number of rotatable bonds is 5. The van der Waals surface area contributed by atoms with Crippen LogP contribution in [0.15, 0.2) is 72.3 Å². The quantitative estimate of drug-likeness (QED) is 0.149. The normalized spacial score (nSPS) is 11.6. The van der Waals surface area contributed by atoms with E-state index in [0.29, 0.717) is 12.1 Å². The van der Waals surface area contributed by atoms with Crippen LogP contribution in [-0.4, -0.2) is 11.8 Å². The Morgan fingerprint density at radius 1 is 0.694 bits per heavy atom. The van der Waals surface area contributed by atoms with E-state index in [2.05, 4.69) is 10.6 Å². The van der Waals surface area contributed by atoms with Crippen LogP contribution in [0.3, 0.4) is 0 Å².